The summed E-state index contributed by atoms with van der Waals surface area (Å²) in [5.41, 5.74) is 0.626. The Balaban J connectivity index is 1.74. The molecule has 0 aromatic heterocycles. The van der Waals surface area contributed by atoms with Crippen molar-refractivity contribution in [3.05, 3.63) is 59.1 Å². The smallest absolute Gasteiger partial charge is 0.261 e. The largest absolute Gasteiger partial charge is 0.349 e. The number of hydrogen-bond donors (Lipinski definition) is 2. The summed E-state index contributed by atoms with van der Waals surface area (Å²) in [7, 11) is -3.85. The second kappa shape index (κ2) is 8.31. The first-order chi connectivity index (χ1) is 12.8. The molecule has 3 rings (SSSR count). The third-order valence-corrected chi connectivity index (χ3v) is 6.57. The maximum atomic E-state index is 12.7. The Kier molecular flexibility index (Phi) is 6.07. The molecule has 144 valence electrons. The van der Waals surface area contributed by atoms with E-state index in [0.29, 0.717) is 22.2 Å². The number of para-hydroxylation sites is 1. The van der Waals surface area contributed by atoms with Crippen molar-refractivity contribution in [1.29, 1.82) is 0 Å². The lowest BCUT2D eigenvalue weighted by atomic mass is 9.87. The highest BCUT2D eigenvalue weighted by atomic mass is 35.5. The first-order valence-electron chi connectivity index (χ1n) is 9.03. The quantitative estimate of drug-likeness (QED) is 0.770. The number of carbonyl (C=O) groups is 1. The summed E-state index contributed by atoms with van der Waals surface area (Å²) >= 11 is 6.03. The van der Waals surface area contributed by atoms with Crippen LogP contribution in [0.2, 0.25) is 5.02 Å². The minimum atomic E-state index is -3.85. The van der Waals surface area contributed by atoms with Crippen LogP contribution < -0.4 is 10.0 Å². The number of sulfonamides is 1. The van der Waals surface area contributed by atoms with E-state index < -0.39 is 10.0 Å². The molecule has 1 saturated carbocycles. The predicted octanol–water partition coefficient (Wildman–Crippen LogP) is 4.45. The summed E-state index contributed by atoms with van der Waals surface area (Å²) in [6.45, 7) is 2.22. The highest BCUT2D eigenvalue weighted by molar-refractivity contribution is 7.92. The first-order valence-corrected chi connectivity index (χ1v) is 10.9. The minimum Gasteiger partial charge on any atom is -0.349 e. The van der Waals surface area contributed by atoms with Gasteiger partial charge in [0.25, 0.3) is 15.9 Å². The standard InChI is InChI=1S/C20H23ClN2O3S/c1-14-9-11-16(12-10-14)22-20(24)15-5-4-6-17(13-15)27(25,26)23-19-8-3-2-7-18(19)21/h2-8,13-14,16,23H,9-12H2,1H3,(H,22,24). The van der Waals surface area contributed by atoms with E-state index in [1.165, 1.54) is 12.1 Å². The Morgan fingerprint density at radius 2 is 1.74 bits per heavy atom. The number of anilines is 1. The molecule has 1 fully saturated rings. The van der Waals surface area contributed by atoms with Crippen molar-refractivity contribution >= 4 is 33.2 Å². The third kappa shape index (κ3) is 5.02. The lowest BCUT2D eigenvalue weighted by Gasteiger charge is -2.26. The zero-order valence-corrected chi connectivity index (χ0v) is 16.7. The summed E-state index contributed by atoms with van der Waals surface area (Å²) in [4.78, 5) is 12.6. The van der Waals surface area contributed by atoms with Crippen LogP contribution in [0.1, 0.15) is 43.0 Å². The highest BCUT2D eigenvalue weighted by Gasteiger charge is 2.22. The Hall–Kier alpha value is -2.05. The molecule has 0 spiro atoms. The number of halogens is 1. The molecule has 1 aliphatic rings. The lowest BCUT2D eigenvalue weighted by Crippen LogP contribution is -2.37. The van der Waals surface area contributed by atoms with Crippen molar-refractivity contribution in [2.24, 2.45) is 5.92 Å². The molecule has 2 N–H and O–H groups in total. The Labute approximate surface area is 165 Å². The molecule has 0 saturated heterocycles. The summed E-state index contributed by atoms with van der Waals surface area (Å²) < 4.78 is 27.8. The zero-order valence-electron chi connectivity index (χ0n) is 15.1. The van der Waals surface area contributed by atoms with Crippen molar-refractivity contribution in [3.8, 4) is 0 Å². The zero-order chi connectivity index (χ0) is 19.4. The second-order valence-corrected chi connectivity index (χ2v) is 9.13. The van der Waals surface area contributed by atoms with Crippen molar-refractivity contribution in [2.45, 2.75) is 43.5 Å². The molecule has 0 heterocycles. The Morgan fingerprint density at radius 1 is 1.04 bits per heavy atom. The summed E-state index contributed by atoms with van der Waals surface area (Å²) in [5, 5.41) is 3.32. The number of carbonyl (C=O) groups excluding carboxylic acids is 1. The van der Waals surface area contributed by atoms with Crippen molar-refractivity contribution < 1.29 is 13.2 Å². The van der Waals surface area contributed by atoms with Gasteiger partial charge in [-0.15, -0.1) is 0 Å². The van der Waals surface area contributed by atoms with Gasteiger partial charge in [-0.1, -0.05) is 36.7 Å². The van der Waals surface area contributed by atoms with Gasteiger partial charge in [0.1, 0.15) is 0 Å². The van der Waals surface area contributed by atoms with Crippen molar-refractivity contribution in [3.63, 3.8) is 0 Å². The predicted molar refractivity (Wildman–Crippen MR) is 108 cm³/mol. The molecule has 0 bridgehead atoms. The number of hydrogen-bond acceptors (Lipinski definition) is 3. The van der Waals surface area contributed by atoms with Gasteiger partial charge in [-0.3, -0.25) is 9.52 Å². The number of nitrogens with one attached hydrogen (secondary N) is 2. The molecule has 1 amide bonds. The van der Waals surface area contributed by atoms with Gasteiger partial charge in [-0.2, -0.15) is 0 Å². The van der Waals surface area contributed by atoms with Gasteiger partial charge in [0.2, 0.25) is 0 Å². The number of benzene rings is 2. The van der Waals surface area contributed by atoms with Gasteiger partial charge in [0.05, 0.1) is 15.6 Å². The van der Waals surface area contributed by atoms with Crippen LogP contribution >= 0.6 is 11.6 Å². The van der Waals surface area contributed by atoms with E-state index in [-0.39, 0.29) is 16.8 Å². The van der Waals surface area contributed by atoms with Crippen LogP contribution in [0.5, 0.6) is 0 Å². The van der Waals surface area contributed by atoms with Gasteiger partial charge in [-0.25, -0.2) is 8.42 Å². The Bertz CT molecular complexity index is 922. The highest BCUT2D eigenvalue weighted by Crippen LogP contribution is 2.25. The topological polar surface area (TPSA) is 75.3 Å². The summed E-state index contributed by atoms with van der Waals surface area (Å²) in [5.74, 6) is 0.451. The van der Waals surface area contributed by atoms with E-state index in [0.717, 1.165) is 25.7 Å². The van der Waals surface area contributed by atoms with Gasteiger partial charge >= 0.3 is 0 Å². The molecule has 5 nitrogen and oxygen atoms in total. The fourth-order valence-electron chi connectivity index (χ4n) is 3.23. The average Bonchev–Trinajstić information content (AvgIpc) is 2.65. The van der Waals surface area contributed by atoms with Crippen molar-refractivity contribution in [1.82, 2.24) is 5.32 Å². The summed E-state index contributed by atoms with van der Waals surface area (Å²) in [6, 6.07) is 12.8. The molecule has 1 aliphatic carbocycles. The van der Waals surface area contributed by atoms with E-state index in [4.69, 9.17) is 11.6 Å². The van der Waals surface area contributed by atoms with E-state index in [2.05, 4.69) is 17.0 Å². The van der Waals surface area contributed by atoms with E-state index >= 15 is 0 Å². The third-order valence-electron chi connectivity index (χ3n) is 4.88. The molecule has 0 aliphatic heterocycles. The van der Waals surface area contributed by atoms with Crippen LogP contribution in [-0.2, 0) is 10.0 Å². The van der Waals surface area contributed by atoms with Gasteiger partial charge in [0.15, 0.2) is 0 Å². The van der Waals surface area contributed by atoms with Crippen LogP contribution in [-0.4, -0.2) is 20.4 Å². The van der Waals surface area contributed by atoms with Gasteiger partial charge in [0, 0.05) is 11.6 Å². The van der Waals surface area contributed by atoms with Gasteiger partial charge in [-0.05, 0) is 61.9 Å². The van der Waals surface area contributed by atoms with Crippen molar-refractivity contribution in [2.75, 3.05) is 4.72 Å². The maximum Gasteiger partial charge on any atom is 0.261 e. The van der Waals surface area contributed by atoms with Gasteiger partial charge < -0.3 is 5.32 Å². The average molecular weight is 407 g/mol. The minimum absolute atomic E-state index is 0.0207. The fourth-order valence-corrected chi connectivity index (χ4v) is 4.59. The normalized spacial score (nSPS) is 20.1. The number of amides is 1. The molecule has 27 heavy (non-hydrogen) atoms. The molecule has 2 aromatic carbocycles. The molecule has 7 heteroatoms. The van der Waals surface area contributed by atoms with Crippen LogP contribution in [0, 0.1) is 5.92 Å². The maximum absolute atomic E-state index is 12.7. The number of rotatable bonds is 5. The van der Waals surface area contributed by atoms with Crippen LogP contribution in [0.3, 0.4) is 0 Å². The fraction of sp³-hybridized carbons (Fsp3) is 0.350. The molecule has 0 unspecified atom stereocenters. The van der Waals surface area contributed by atoms with E-state index in [9.17, 15) is 13.2 Å². The summed E-state index contributed by atoms with van der Waals surface area (Å²) in [6.07, 6.45) is 4.11. The van der Waals surface area contributed by atoms with Crippen LogP contribution in [0.15, 0.2) is 53.4 Å². The Morgan fingerprint density at radius 3 is 2.44 bits per heavy atom. The van der Waals surface area contributed by atoms with Crippen LogP contribution in [0.25, 0.3) is 0 Å². The first kappa shape index (κ1) is 19.7. The molecule has 2 aromatic rings. The van der Waals surface area contributed by atoms with E-state index in [1.54, 1.807) is 36.4 Å². The van der Waals surface area contributed by atoms with E-state index in [1.807, 2.05) is 0 Å². The SMILES string of the molecule is CC1CCC(NC(=O)c2cccc(S(=O)(=O)Nc3ccccc3Cl)c2)CC1. The second-order valence-electron chi connectivity index (χ2n) is 7.04. The molecule has 0 radical (unpaired) electrons. The molecular formula is C20H23ClN2O3S. The van der Waals surface area contributed by atoms with Crippen LogP contribution in [0.4, 0.5) is 5.69 Å². The molecule has 0 atom stereocenters. The monoisotopic (exact) mass is 406 g/mol. The molecular weight excluding hydrogens is 384 g/mol. The lowest BCUT2D eigenvalue weighted by molar-refractivity contribution is 0.0923.